The van der Waals surface area contributed by atoms with Crippen LogP contribution in [0.3, 0.4) is 0 Å². The van der Waals surface area contributed by atoms with E-state index in [1.54, 1.807) is 6.92 Å². The zero-order valence-electron chi connectivity index (χ0n) is 8.70. The van der Waals surface area contributed by atoms with Crippen molar-refractivity contribution in [2.45, 2.75) is 19.1 Å². The summed E-state index contributed by atoms with van der Waals surface area (Å²) in [4.78, 5) is 18.5. The summed E-state index contributed by atoms with van der Waals surface area (Å²) in [7, 11) is 0. The number of aliphatic hydroxyl groups is 2. The van der Waals surface area contributed by atoms with E-state index < -0.39 is 18.2 Å². The van der Waals surface area contributed by atoms with Crippen LogP contribution >= 0.6 is 0 Å². The number of hydrogen-bond donors (Lipinski definition) is 3. The van der Waals surface area contributed by atoms with Crippen molar-refractivity contribution in [3.05, 3.63) is 18.1 Å². The van der Waals surface area contributed by atoms with Crippen molar-refractivity contribution in [3.63, 3.8) is 0 Å². The van der Waals surface area contributed by atoms with E-state index in [4.69, 9.17) is 5.73 Å². The third kappa shape index (κ3) is 2.88. The van der Waals surface area contributed by atoms with Crippen LogP contribution in [-0.4, -0.2) is 38.9 Å². The van der Waals surface area contributed by atoms with Crippen LogP contribution < -0.4 is 5.73 Å². The summed E-state index contributed by atoms with van der Waals surface area (Å²) in [6, 6.07) is 0. The number of ether oxygens (including phenoxy) is 1. The fourth-order valence-electron chi connectivity index (χ4n) is 1.02. The van der Waals surface area contributed by atoms with Crippen LogP contribution in [0.5, 0.6) is 0 Å². The first kappa shape index (κ1) is 12.3. The topological polar surface area (TPSA) is 119 Å². The smallest absolute Gasteiger partial charge is 0.338 e. The maximum absolute atomic E-state index is 11.1. The van der Waals surface area contributed by atoms with Gasteiger partial charge in [-0.25, -0.2) is 9.78 Å². The molecule has 88 valence electrons. The van der Waals surface area contributed by atoms with E-state index in [0.717, 1.165) is 0 Å². The second-order valence-corrected chi connectivity index (χ2v) is 3.01. The Hall–Kier alpha value is -1.73. The van der Waals surface area contributed by atoms with Crippen molar-refractivity contribution in [2.24, 2.45) is 0 Å². The zero-order chi connectivity index (χ0) is 12.1. The number of esters is 1. The lowest BCUT2D eigenvalue weighted by molar-refractivity contribution is -0.159. The molecular weight excluding hydrogens is 214 g/mol. The van der Waals surface area contributed by atoms with Gasteiger partial charge in [-0.1, -0.05) is 0 Å². The number of aliphatic hydroxyl groups excluding tert-OH is 2. The first-order valence-electron chi connectivity index (χ1n) is 4.66. The molecule has 0 aliphatic rings. The molecule has 16 heavy (non-hydrogen) atoms. The lowest BCUT2D eigenvalue weighted by Gasteiger charge is -2.15. The van der Waals surface area contributed by atoms with Crippen LogP contribution in [0, 0.1) is 0 Å². The Bertz CT molecular complexity index is 354. The van der Waals surface area contributed by atoms with Gasteiger partial charge in [-0.15, -0.1) is 0 Å². The normalized spacial score (nSPS) is 14.2. The van der Waals surface area contributed by atoms with Gasteiger partial charge < -0.3 is 20.7 Å². The molecule has 0 saturated heterocycles. The molecule has 1 aromatic heterocycles. The number of carbonyl (C=O) groups excluding carboxylic acids is 1. The molecule has 2 unspecified atom stereocenters. The molecule has 7 nitrogen and oxygen atoms in total. The summed E-state index contributed by atoms with van der Waals surface area (Å²) in [6.45, 7) is 1.72. The Morgan fingerprint density at radius 3 is 2.69 bits per heavy atom. The predicted molar refractivity (Wildman–Crippen MR) is 54.0 cm³/mol. The van der Waals surface area contributed by atoms with Crippen molar-refractivity contribution >= 4 is 11.8 Å². The molecule has 0 saturated carbocycles. The predicted octanol–water partition coefficient (Wildman–Crippen LogP) is -0.984. The molecule has 2 atom stereocenters. The molecule has 0 aliphatic carbocycles. The summed E-state index contributed by atoms with van der Waals surface area (Å²) in [5.41, 5.74) is 5.35. The van der Waals surface area contributed by atoms with Gasteiger partial charge in [-0.05, 0) is 6.92 Å². The van der Waals surface area contributed by atoms with Gasteiger partial charge in [0.25, 0.3) is 0 Å². The Balaban J connectivity index is 2.73. The van der Waals surface area contributed by atoms with Crippen LogP contribution in [0.15, 0.2) is 12.4 Å². The van der Waals surface area contributed by atoms with E-state index in [-0.39, 0.29) is 18.1 Å². The molecule has 0 aliphatic heterocycles. The number of anilines is 1. The summed E-state index contributed by atoms with van der Waals surface area (Å²) in [6.07, 6.45) is -0.760. The van der Waals surface area contributed by atoms with E-state index in [1.807, 2.05) is 0 Å². The first-order valence-corrected chi connectivity index (χ1v) is 4.66. The molecule has 0 radical (unpaired) electrons. The molecule has 4 N–H and O–H groups in total. The fourth-order valence-corrected chi connectivity index (χ4v) is 1.02. The van der Waals surface area contributed by atoms with E-state index in [1.165, 1.54) is 12.4 Å². The Morgan fingerprint density at radius 1 is 1.50 bits per heavy atom. The van der Waals surface area contributed by atoms with Crippen molar-refractivity contribution in [2.75, 3.05) is 12.3 Å². The largest absolute Gasteiger partial charge is 0.464 e. The summed E-state index contributed by atoms with van der Waals surface area (Å²) in [5.74, 6) is -0.727. The Morgan fingerprint density at radius 2 is 2.19 bits per heavy atom. The highest BCUT2D eigenvalue weighted by Gasteiger charge is 2.28. The third-order valence-electron chi connectivity index (χ3n) is 1.82. The van der Waals surface area contributed by atoms with Crippen molar-refractivity contribution < 1.29 is 19.7 Å². The summed E-state index contributed by atoms with van der Waals surface area (Å²) < 4.78 is 4.55. The minimum atomic E-state index is -1.68. The van der Waals surface area contributed by atoms with Gasteiger partial charge in [-0.3, -0.25) is 4.98 Å². The van der Waals surface area contributed by atoms with E-state index >= 15 is 0 Å². The molecule has 1 aromatic rings. The van der Waals surface area contributed by atoms with Gasteiger partial charge >= 0.3 is 5.97 Å². The minimum absolute atomic E-state index is 0.0507. The summed E-state index contributed by atoms with van der Waals surface area (Å²) in [5, 5.41) is 19.0. The highest BCUT2D eigenvalue weighted by atomic mass is 16.5. The number of aromatic nitrogens is 2. The second-order valence-electron chi connectivity index (χ2n) is 3.01. The van der Waals surface area contributed by atoms with E-state index in [0.29, 0.717) is 0 Å². The highest BCUT2D eigenvalue weighted by molar-refractivity contribution is 5.75. The molecule has 1 rings (SSSR count). The van der Waals surface area contributed by atoms with Crippen molar-refractivity contribution in [3.8, 4) is 0 Å². The van der Waals surface area contributed by atoms with E-state index in [2.05, 4.69) is 14.7 Å². The number of nitrogens with zero attached hydrogens (tertiary/aromatic N) is 2. The van der Waals surface area contributed by atoms with Gasteiger partial charge in [0.2, 0.25) is 0 Å². The van der Waals surface area contributed by atoms with Crippen LogP contribution in [0.2, 0.25) is 0 Å². The Labute approximate surface area is 91.9 Å². The first-order chi connectivity index (χ1) is 7.56. The van der Waals surface area contributed by atoms with Gasteiger partial charge in [0, 0.05) is 0 Å². The number of hydrogen-bond acceptors (Lipinski definition) is 7. The maximum Gasteiger partial charge on any atom is 0.338 e. The minimum Gasteiger partial charge on any atom is -0.464 e. The molecule has 0 aromatic carbocycles. The number of nitrogen functional groups attached to an aromatic ring is 1. The highest BCUT2D eigenvalue weighted by Crippen LogP contribution is 2.14. The fraction of sp³-hybridized carbons (Fsp3) is 0.444. The van der Waals surface area contributed by atoms with E-state index in [9.17, 15) is 15.0 Å². The summed E-state index contributed by atoms with van der Waals surface area (Å²) >= 11 is 0. The molecule has 7 heteroatoms. The molecule has 0 fully saturated rings. The maximum atomic E-state index is 11.1. The monoisotopic (exact) mass is 227 g/mol. The van der Waals surface area contributed by atoms with Gasteiger partial charge in [0.1, 0.15) is 11.9 Å². The average molecular weight is 227 g/mol. The Kier molecular flexibility index (Phi) is 4.15. The average Bonchev–Trinajstić information content (AvgIpc) is 2.28. The number of nitrogens with two attached hydrogens (primary N) is 1. The quantitative estimate of drug-likeness (QED) is 0.565. The van der Waals surface area contributed by atoms with Crippen LogP contribution in [0.1, 0.15) is 18.7 Å². The lowest BCUT2D eigenvalue weighted by Crippen LogP contribution is -2.30. The molecule has 0 spiro atoms. The molecule has 0 bridgehead atoms. The lowest BCUT2D eigenvalue weighted by atomic mass is 10.1. The van der Waals surface area contributed by atoms with Crippen molar-refractivity contribution in [1.82, 2.24) is 9.97 Å². The second kappa shape index (κ2) is 5.38. The van der Waals surface area contributed by atoms with Gasteiger partial charge in [-0.2, -0.15) is 0 Å². The molecule has 1 heterocycles. The number of carbonyl (C=O) groups is 1. The number of rotatable bonds is 4. The standard InChI is InChI=1S/C9H13N3O4/c1-2-16-9(15)8(14)7(13)5-3-12-6(10)4-11-5/h3-4,7-8,13-14H,2H2,1H3,(H2,10,12). The molecule has 0 amide bonds. The van der Waals surface area contributed by atoms with Gasteiger partial charge in [0.15, 0.2) is 6.10 Å². The van der Waals surface area contributed by atoms with Crippen LogP contribution in [-0.2, 0) is 9.53 Å². The zero-order valence-corrected chi connectivity index (χ0v) is 8.70. The van der Waals surface area contributed by atoms with Crippen molar-refractivity contribution in [1.29, 1.82) is 0 Å². The third-order valence-corrected chi connectivity index (χ3v) is 1.82. The SMILES string of the molecule is CCOC(=O)C(O)C(O)c1cnc(N)cn1. The molecular formula is C9H13N3O4. The van der Waals surface area contributed by atoms with Crippen LogP contribution in [0.4, 0.5) is 5.82 Å². The van der Waals surface area contributed by atoms with Gasteiger partial charge in [0.05, 0.1) is 24.7 Å². The van der Waals surface area contributed by atoms with Crippen LogP contribution in [0.25, 0.3) is 0 Å².